The molecule has 4 aromatic heterocycles. The highest BCUT2D eigenvalue weighted by molar-refractivity contribution is 6.01. The first-order chi connectivity index (χ1) is 21.0. The third kappa shape index (κ3) is 5.74. The Balaban J connectivity index is 1.21. The molecule has 43 heavy (non-hydrogen) atoms. The zero-order chi connectivity index (χ0) is 29.3. The highest BCUT2D eigenvalue weighted by atomic mass is 19.1. The summed E-state index contributed by atoms with van der Waals surface area (Å²) in [4.78, 5) is 17.2. The molecular weight excluding hydrogens is 541 g/mol. The summed E-state index contributed by atoms with van der Waals surface area (Å²) in [7, 11) is 4.08. The summed E-state index contributed by atoms with van der Waals surface area (Å²) in [5.41, 5.74) is 8.06. The zero-order valence-electron chi connectivity index (χ0n) is 24.4. The van der Waals surface area contributed by atoms with Crippen molar-refractivity contribution < 1.29 is 9.13 Å². The molecule has 1 aliphatic rings. The highest BCUT2D eigenvalue weighted by Crippen LogP contribution is 2.36. The van der Waals surface area contributed by atoms with Gasteiger partial charge in [0, 0.05) is 53.4 Å². The number of aromatic amines is 2. The lowest BCUT2D eigenvalue weighted by atomic mass is 10.0. The van der Waals surface area contributed by atoms with E-state index in [2.05, 4.69) is 53.1 Å². The van der Waals surface area contributed by atoms with Crippen molar-refractivity contribution in [3.05, 3.63) is 84.6 Å². The number of H-pyrrole nitrogens is 2. The lowest BCUT2D eigenvalue weighted by Gasteiger charge is -2.15. The van der Waals surface area contributed by atoms with Gasteiger partial charge in [-0.3, -0.25) is 20.0 Å². The van der Waals surface area contributed by atoms with E-state index in [9.17, 15) is 4.39 Å². The van der Waals surface area contributed by atoms with Gasteiger partial charge in [-0.1, -0.05) is 12.1 Å². The van der Waals surface area contributed by atoms with Crippen LogP contribution >= 0.6 is 0 Å². The predicted octanol–water partition coefficient (Wildman–Crippen LogP) is 6.51. The molecule has 0 aliphatic carbocycles. The first-order valence-electron chi connectivity index (χ1n) is 14.7. The summed E-state index contributed by atoms with van der Waals surface area (Å²) < 4.78 is 20.8. The van der Waals surface area contributed by atoms with Crippen LogP contribution in [0.5, 0.6) is 5.75 Å². The van der Waals surface area contributed by atoms with E-state index < -0.39 is 0 Å². The van der Waals surface area contributed by atoms with E-state index in [0.29, 0.717) is 12.4 Å². The number of likely N-dealkylation sites (tertiary alicyclic amines) is 1. The number of hydrogen-bond donors (Lipinski definition) is 2. The number of halogens is 1. The van der Waals surface area contributed by atoms with Crippen LogP contribution in [-0.4, -0.2) is 75.3 Å². The third-order valence-corrected chi connectivity index (χ3v) is 8.01. The number of benzene rings is 2. The van der Waals surface area contributed by atoms with E-state index in [1.165, 1.54) is 18.9 Å². The summed E-state index contributed by atoms with van der Waals surface area (Å²) in [6.07, 6.45) is 8.01. The monoisotopic (exact) mass is 575 g/mol. The van der Waals surface area contributed by atoms with E-state index in [-0.39, 0.29) is 5.82 Å². The summed E-state index contributed by atoms with van der Waals surface area (Å²) in [5, 5.41) is 9.71. The number of rotatable bonds is 9. The molecule has 5 heterocycles. The number of nitrogens with zero attached hydrogens (tertiary/aromatic N) is 5. The smallest absolute Gasteiger partial charge is 0.127 e. The van der Waals surface area contributed by atoms with Crippen molar-refractivity contribution in [3.8, 4) is 39.5 Å². The minimum absolute atomic E-state index is 0.316. The second kappa shape index (κ2) is 11.6. The van der Waals surface area contributed by atoms with Crippen LogP contribution < -0.4 is 4.74 Å². The van der Waals surface area contributed by atoms with Crippen LogP contribution in [0, 0.1) is 5.82 Å². The SMILES string of the molecule is CN(C)Cc1cncc(-c2cc3c(-c4cc5c(-c6cc(F)cc(OCCN7CCCC7)c6)cccc5[nH]4)n[nH]c3cn2)c1. The maximum atomic E-state index is 14.8. The molecule has 6 aromatic rings. The Morgan fingerprint density at radius 2 is 1.81 bits per heavy atom. The first-order valence-corrected chi connectivity index (χ1v) is 14.7. The van der Waals surface area contributed by atoms with Gasteiger partial charge in [0.2, 0.25) is 0 Å². The molecular formula is C34H34FN7O. The van der Waals surface area contributed by atoms with Gasteiger partial charge in [-0.05, 0) is 93.1 Å². The second-order valence-corrected chi connectivity index (χ2v) is 11.5. The average Bonchev–Trinajstić information content (AvgIpc) is 3.76. The Kier molecular flexibility index (Phi) is 7.34. The van der Waals surface area contributed by atoms with Crippen molar-refractivity contribution >= 4 is 21.8 Å². The largest absolute Gasteiger partial charge is 0.492 e. The zero-order valence-corrected chi connectivity index (χ0v) is 24.4. The fourth-order valence-corrected chi connectivity index (χ4v) is 5.99. The molecule has 0 atom stereocenters. The Hall–Kier alpha value is -4.60. The van der Waals surface area contributed by atoms with Crippen LogP contribution in [-0.2, 0) is 6.54 Å². The predicted molar refractivity (Wildman–Crippen MR) is 168 cm³/mol. The quantitative estimate of drug-likeness (QED) is 0.204. The minimum atomic E-state index is -0.316. The summed E-state index contributed by atoms with van der Waals surface area (Å²) >= 11 is 0. The molecule has 0 unspecified atom stereocenters. The van der Waals surface area contributed by atoms with E-state index >= 15 is 0 Å². The Labute approximate surface area is 249 Å². The van der Waals surface area contributed by atoms with Gasteiger partial charge in [0.15, 0.2) is 0 Å². The number of hydrogen-bond acceptors (Lipinski definition) is 6. The van der Waals surface area contributed by atoms with Crippen molar-refractivity contribution in [2.75, 3.05) is 40.3 Å². The molecule has 1 fully saturated rings. The van der Waals surface area contributed by atoms with E-state index in [4.69, 9.17) is 4.74 Å². The fraction of sp³-hybridized carbons (Fsp3) is 0.265. The van der Waals surface area contributed by atoms with Crippen molar-refractivity contribution in [2.24, 2.45) is 0 Å². The fourth-order valence-electron chi connectivity index (χ4n) is 5.99. The standard InChI is InChI=1S/C34H34FN7O/c1-41(2)21-22-12-24(19-36-18-22)31-17-29-33(20-37-31)39-40-34(29)32-16-28-27(6-5-7-30(28)38-32)23-13-25(35)15-26(14-23)43-11-10-42-8-3-4-9-42/h5-7,12-20,38H,3-4,8-11,21H2,1-2H3,(H,39,40). The van der Waals surface area contributed by atoms with Gasteiger partial charge in [0.25, 0.3) is 0 Å². The molecule has 0 saturated carbocycles. The van der Waals surface area contributed by atoms with Gasteiger partial charge in [-0.25, -0.2) is 4.39 Å². The number of fused-ring (bicyclic) bond motifs is 2. The molecule has 2 N–H and O–H groups in total. The average molecular weight is 576 g/mol. The third-order valence-electron chi connectivity index (χ3n) is 8.01. The maximum absolute atomic E-state index is 14.8. The lowest BCUT2D eigenvalue weighted by Crippen LogP contribution is -2.25. The van der Waals surface area contributed by atoms with Crippen molar-refractivity contribution in [1.29, 1.82) is 0 Å². The van der Waals surface area contributed by atoms with Crippen LogP contribution in [0.3, 0.4) is 0 Å². The summed E-state index contributed by atoms with van der Waals surface area (Å²) in [5.74, 6) is 0.230. The Morgan fingerprint density at radius 1 is 0.930 bits per heavy atom. The topological polar surface area (TPSA) is 86.0 Å². The van der Waals surface area contributed by atoms with E-state index in [0.717, 1.165) is 87.3 Å². The maximum Gasteiger partial charge on any atom is 0.127 e. The first kappa shape index (κ1) is 27.2. The van der Waals surface area contributed by atoms with Gasteiger partial charge in [-0.2, -0.15) is 5.10 Å². The molecule has 1 aliphatic heterocycles. The number of nitrogens with one attached hydrogen (secondary N) is 2. The number of aromatic nitrogens is 5. The second-order valence-electron chi connectivity index (χ2n) is 11.5. The minimum Gasteiger partial charge on any atom is -0.492 e. The molecule has 8 nitrogen and oxygen atoms in total. The molecule has 218 valence electrons. The van der Waals surface area contributed by atoms with Crippen LogP contribution in [0.4, 0.5) is 4.39 Å². The highest BCUT2D eigenvalue weighted by Gasteiger charge is 2.16. The van der Waals surface area contributed by atoms with E-state index in [1.807, 2.05) is 57.0 Å². The molecule has 0 radical (unpaired) electrons. The number of ether oxygens (including phenoxy) is 1. The van der Waals surface area contributed by atoms with Crippen molar-refractivity contribution in [1.82, 2.24) is 34.9 Å². The van der Waals surface area contributed by atoms with Gasteiger partial charge in [0.05, 0.1) is 23.1 Å². The molecule has 0 bridgehead atoms. The molecule has 2 aromatic carbocycles. The van der Waals surface area contributed by atoms with Crippen LogP contribution in [0.2, 0.25) is 0 Å². The van der Waals surface area contributed by atoms with Crippen LogP contribution in [0.25, 0.3) is 55.6 Å². The number of pyridine rings is 2. The van der Waals surface area contributed by atoms with Crippen molar-refractivity contribution in [3.63, 3.8) is 0 Å². The Morgan fingerprint density at radius 3 is 2.67 bits per heavy atom. The van der Waals surface area contributed by atoms with Gasteiger partial charge in [0.1, 0.15) is 23.9 Å². The molecule has 0 amide bonds. The Bertz CT molecular complexity index is 1900. The molecule has 0 spiro atoms. The molecule has 1 saturated heterocycles. The summed E-state index contributed by atoms with van der Waals surface area (Å²) in [6, 6.07) is 17.2. The summed E-state index contributed by atoms with van der Waals surface area (Å²) in [6.45, 7) is 4.42. The van der Waals surface area contributed by atoms with Crippen LogP contribution in [0.1, 0.15) is 18.4 Å². The van der Waals surface area contributed by atoms with Gasteiger partial charge < -0.3 is 14.6 Å². The normalized spacial score (nSPS) is 14.0. The molecule has 9 heteroatoms. The van der Waals surface area contributed by atoms with Gasteiger partial charge in [-0.15, -0.1) is 0 Å². The lowest BCUT2D eigenvalue weighted by molar-refractivity contribution is 0.237. The van der Waals surface area contributed by atoms with E-state index in [1.54, 1.807) is 6.07 Å². The van der Waals surface area contributed by atoms with Crippen molar-refractivity contribution in [2.45, 2.75) is 19.4 Å². The van der Waals surface area contributed by atoms with Crippen LogP contribution in [0.15, 0.2) is 73.2 Å². The van der Waals surface area contributed by atoms with Gasteiger partial charge >= 0.3 is 0 Å². The molecule has 7 rings (SSSR count).